The quantitative estimate of drug-likeness (QED) is 0.779. The zero-order valence-electron chi connectivity index (χ0n) is 9.51. The van der Waals surface area contributed by atoms with Crippen LogP contribution in [0.25, 0.3) is 0 Å². The Hall–Kier alpha value is -0.990. The standard InChI is InChI=1S/C12H19N3/c1-7(2)9-10(14-15-11(9)13)12-5-3-4-8(12)6-12/h7-8H,3-6H2,1-2H3,(H3,13,14,15). The van der Waals surface area contributed by atoms with Gasteiger partial charge in [-0.25, -0.2) is 0 Å². The summed E-state index contributed by atoms with van der Waals surface area (Å²) in [6.07, 6.45) is 5.46. The lowest BCUT2D eigenvalue weighted by atomic mass is 9.91. The Kier molecular flexibility index (Phi) is 1.71. The van der Waals surface area contributed by atoms with Gasteiger partial charge in [0, 0.05) is 16.7 Å². The molecule has 15 heavy (non-hydrogen) atoms. The number of anilines is 1. The zero-order chi connectivity index (χ0) is 10.6. The second kappa shape index (κ2) is 2.77. The van der Waals surface area contributed by atoms with E-state index in [0.717, 1.165) is 5.92 Å². The van der Waals surface area contributed by atoms with E-state index in [1.165, 1.54) is 36.9 Å². The predicted molar refractivity (Wildman–Crippen MR) is 60.7 cm³/mol. The van der Waals surface area contributed by atoms with E-state index < -0.39 is 0 Å². The van der Waals surface area contributed by atoms with Crippen LogP contribution in [-0.2, 0) is 5.41 Å². The van der Waals surface area contributed by atoms with Crippen LogP contribution >= 0.6 is 0 Å². The average Bonchev–Trinajstić information content (AvgIpc) is 2.59. The molecule has 82 valence electrons. The number of H-pyrrole nitrogens is 1. The van der Waals surface area contributed by atoms with Crippen molar-refractivity contribution in [2.24, 2.45) is 5.92 Å². The third kappa shape index (κ3) is 1.09. The minimum Gasteiger partial charge on any atom is -0.382 e. The monoisotopic (exact) mass is 205 g/mol. The van der Waals surface area contributed by atoms with Gasteiger partial charge in [-0.2, -0.15) is 5.10 Å². The number of rotatable bonds is 2. The Morgan fingerprint density at radius 3 is 2.87 bits per heavy atom. The molecule has 3 rings (SSSR count). The van der Waals surface area contributed by atoms with Crippen LogP contribution in [0.15, 0.2) is 0 Å². The first kappa shape index (κ1) is 9.25. The molecule has 2 unspecified atom stereocenters. The smallest absolute Gasteiger partial charge is 0.148 e. The lowest BCUT2D eigenvalue weighted by molar-refractivity contribution is 0.619. The van der Waals surface area contributed by atoms with Crippen molar-refractivity contribution < 1.29 is 0 Å². The molecule has 2 fully saturated rings. The number of nitrogens with one attached hydrogen (secondary N) is 1. The minimum atomic E-state index is 0.449. The molecule has 1 aromatic rings. The molecule has 0 amide bonds. The normalized spacial score (nSPS) is 33.4. The van der Waals surface area contributed by atoms with Gasteiger partial charge in [0.1, 0.15) is 5.82 Å². The van der Waals surface area contributed by atoms with Crippen LogP contribution in [0.3, 0.4) is 0 Å². The lowest BCUT2D eigenvalue weighted by Crippen LogP contribution is -2.10. The van der Waals surface area contributed by atoms with Crippen molar-refractivity contribution in [1.29, 1.82) is 0 Å². The first-order valence-electron chi connectivity index (χ1n) is 5.99. The van der Waals surface area contributed by atoms with Gasteiger partial charge in [-0.3, -0.25) is 5.10 Å². The van der Waals surface area contributed by atoms with Gasteiger partial charge in [0.2, 0.25) is 0 Å². The molecule has 0 aliphatic heterocycles. The first-order chi connectivity index (χ1) is 7.15. The van der Waals surface area contributed by atoms with Crippen LogP contribution in [0.4, 0.5) is 5.82 Å². The van der Waals surface area contributed by atoms with Crippen molar-refractivity contribution in [3.05, 3.63) is 11.3 Å². The van der Waals surface area contributed by atoms with Crippen molar-refractivity contribution in [3.63, 3.8) is 0 Å². The molecule has 3 nitrogen and oxygen atoms in total. The Morgan fingerprint density at radius 2 is 2.33 bits per heavy atom. The summed E-state index contributed by atoms with van der Waals surface area (Å²) < 4.78 is 0. The Balaban J connectivity index is 2.05. The van der Waals surface area contributed by atoms with Crippen LogP contribution in [0.1, 0.15) is 56.7 Å². The third-order valence-electron chi connectivity index (χ3n) is 4.32. The maximum absolute atomic E-state index is 5.94. The molecule has 0 aromatic carbocycles. The fourth-order valence-electron chi connectivity index (χ4n) is 3.49. The maximum Gasteiger partial charge on any atom is 0.148 e. The average molecular weight is 205 g/mol. The van der Waals surface area contributed by atoms with Gasteiger partial charge < -0.3 is 5.73 Å². The lowest BCUT2D eigenvalue weighted by Gasteiger charge is -2.14. The molecule has 0 bridgehead atoms. The van der Waals surface area contributed by atoms with Gasteiger partial charge in [0.05, 0.1) is 0 Å². The molecule has 1 heterocycles. The van der Waals surface area contributed by atoms with E-state index >= 15 is 0 Å². The number of nitrogen functional groups attached to an aromatic ring is 1. The molecule has 2 aliphatic carbocycles. The number of hydrogen-bond acceptors (Lipinski definition) is 2. The van der Waals surface area contributed by atoms with Crippen molar-refractivity contribution in [1.82, 2.24) is 10.2 Å². The highest BCUT2D eigenvalue weighted by atomic mass is 15.2. The first-order valence-corrected chi connectivity index (χ1v) is 5.99. The van der Waals surface area contributed by atoms with Gasteiger partial charge >= 0.3 is 0 Å². The molecule has 2 saturated carbocycles. The van der Waals surface area contributed by atoms with Crippen LogP contribution in [0.5, 0.6) is 0 Å². The van der Waals surface area contributed by atoms with E-state index in [-0.39, 0.29) is 0 Å². The number of nitrogens with zero attached hydrogens (tertiary/aromatic N) is 1. The molecule has 0 radical (unpaired) electrons. The number of nitrogens with two attached hydrogens (primary N) is 1. The van der Waals surface area contributed by atoms with Crippen LogP contribution < -0.4 is 5.73 Å². The molecule has 2 aliphatic rings. The molecule has 3 N–H and O–H groups in total. The second-order valence-electron chi connectivity index (χ2n) is 5.50. The summed E-state index contributed by atoms with van der Waals surface area (Å²) in [6.45, 7) is 4.40. The maximum atomic E-state index is 5.94. The summed E-state index contributed by atoms with van der Waals surface area (Å²) in [6, 6.07) is 0. The summed E-state index contributed by atoms with van der Waals surface area (Å²) in [4.78, 5) is 0. The molecule has 2 atom stereocenters. The largest absolute Gasteiger partial charge is 0.382 e. The predicted octanol–water partition coefficient (Wildman–Crippen LogP) is 2.56. The van der Waals surface area contributed by atoms with E-state index in [0.29, 0.717) is 17.2 Å². The molecule has 0 spiro atoms. The van der Waals surface area contributed by atoms with E-state index in [9.17, 15) is 0 Å². The molecule has 0 saturated heterocycles. The molecular weight excluding hydrogens is 186 g/mol. The van der Waals surface area contributed by atoms with E-state index in [4.69, 9.17) is 5.73 Å². The van der Waals surface area contributed by atoms with Crippen molar-refractivity contribution >= 4 is 5.82 Å². The van der Waals surface area contributed by atoms with Gasteiger partial charge in [0.15, 0.2) is 0 Å². The Bertz CT molecular complexity index is 394. The van der Waals surface area contributed by atoms with Crippen molar-refractivity contribution in [2.75, 3.05) is 5.73 Å². The molecule has 1 aromatic heterocycles. The van der Waals surface area contributed by atoms with E-state index in [2.05, 4.69) is 24.0 Å². The summed E-state index contributed by atoms with van der Waals surface area (Å²) in [5.41, 5.74) is 9.03. The van der Waals surface area contributed by atoms with Gasteiger partial charge in [0.25, 0.3) is 0 Å². The van der Waals surface area contributed by atoms with Crippen LogP contribution in [-0.4, -0.2) is 10.2 Å². The van der Waals surface area contributed by atoms with E-state index in [1.54, 1.807) is 0 Å². The minimum absolute atomic E-state index is 0.449. The van der Waals surface area contributed by atoms with Crippen molar-refractivity contribution in [3.8, 4) is 0 Å². The number of aromatic nitrogens is 2. The highest BCUT2D eigenvalue weighted by Crippen LogP contribution is 2.65. The Labute approximate surface area is 90.4 Å². The number of aromatic amines is 1. The fraction of sp³-hybridized carbons (Fsp3) is 0.750. The Morgan fingerprint density at radius 1 is 1.53 bits per heavy atom. The van der Waals surface area contributed by atoms with Gasteiger partial charge in [-0.15, -0.1) is 0 Å². The summed E-state index contributed by atoms with van der Waals surface area (Å²) >= 11 is 0. The highest BCUT2D eigenvalue weighted by molar-refractivity contribution is 5.50. The SMILES string of the molecule is CC(C)c1c(N)n[nH]c1C12CCCC1C2. The van der Waals surface area contributed by atoms with Crippen LogP contribution in [0.2, 0.25) is 0 Å². The third-order valence-corrected chi connectivity index (χ3v) is 4.32. The van der Waals surface area contributed by atoms with Crippen LogP contribution in [0, 0.1) is 5.92 Å². The highest BCUT2D eigenvalue weighted by Gasteiger charge is 2.59. The summed E-state index contributed by atoms with van der Waals surface area (Å²) in [5.74, 6) is 2.11. The summed E-state index contributed by atoms with van der Waals surface area (Å²) in [7, 11) is 0. The number of hydrogen-bond donors (Lipinski definition) is 2. The van der Waals surface area contributed by atoms with Crippen molar-refractivity contribution in [2.45, 2.75) is 50.9 Å². The second-order valence-corrected chi connectivity index (χ2v) is 5.50. The van der Waals surface area contributed by atoms with E-state index in [1.807, 2.05) is 0 Å². The molecular formula is C12H19N3. The van der Waals surface area contributed by atoms with Gasteiger partial charge in [-0.05, 0) is 31.1 Å². The zero-order valence-corrected chi connectivity index (χ0v) is 9.51. The molecule has 3 heteroatoms. The number of fused-ring (bicyclic) bond motifs is 1. The fourth-order valence-corrected chi connectivity index (χ4v) is 3.49. The van der Waals surface area contributed by atoms with Gasteiger partial charge in [-0.1, -0.05) is 20.3 Å². The summed E-state index contributed by atoms with van der Waals surface area (Å²) in [5, 5.41) is 7.41. The topological polar surface area (TPSA) is 54.7 Å².